The molecule has 2 N–H and O–H groups in total. The topological polar surface area (TPSA) is 26.0 Å². The molecule has 1 rings (SSSR count). The van der Waals surface area contributed by atoms with E-state index in [4.69, 9.17) is 5.73 Å². The van der Waals surface area contributed by atoms with Crippen LogP contribution in [0.4, 0.5) is 13.2 Å². The Morgan fingerprint density at radius 1 is 1.42 bits per heavy atom. The minimum Gasteiger partial charge on any atom is -0.402 e. The lowest BCUT2D eigenvalue weighted by Crippen LogP contribution is -2.27. The van der Waals surface area contributed by atoms with Crippen LogP contribution in [0.5, 0.6) is 0 Å². The molecule has 0 aromatic heterocycles. The summed E-state index contributed by atoms with van der Waals surface area (Å²) in [5.41, 5.74) is 5.93. The van der Waals surface area contributed by atoms with Gasteiger partial charge in [0.05, 0.1) is 5.92 Å². The summed E-state index contributed by atoms with van der Waals surface area (Å²) in [5.74, 6) is -1.39. The van der Waals surface area contributed by atoms with E-state index in [1.807, 2.05) is 0 Å². The zero-order valence-corrected chi connectivity index (χ0v) is 6.65. The molecule has 1 unspecified atom stereocenters. The van der Waals surface area contributed by atoms with Gasteiger partial charge in [-0.1, -0.05) is 11.6 Å². The Morgan fingerprint density at radius 2 is 2.00 bits per heavy atom. The molecule has 0 radical (unpaired) electrons. The minimum absolute atomic E-state index is 0.105. The van der Waals surface area contributed by atoms with Gasteiger partial charge in [0.1, 0.15) is 0 Å². The smallest absolute Gasteiger partial charge is 0.395 e. The molecular formula is C8H10F3N. The Bertz CT molecular complexity index is 237. The maximum atomic E-state index is 12.2. The van der Waals surface area contributed by atoms with Crippen LogP contribution in [0.15, 0.2) is 23.4 Å². The first-order valence-electron chi connectivity index (χ1n) is 3.61. The molecule has 0 heterocycles. The summed E-state index contributed by atoms with van der Waals surface area (Å²) in [5, 5.41) is 0. The fourth-order valence-corrected chi connectivity index (χ4v) is 1.19. The summed E-state index contributed by atoms with van der Waals surface area (Å²) in [4.78, 5) is 0. The highest BCUT2D eigenvalue weighted by Crippen LogP contribution is 2.37. The highest BCUT2D eigenvalue weighted by atomic mass is 19.4. The number of nitrogens with two attached hydrogens (primary N) is 1. The molecule has 68 valence electrons. The SMILES string of the molecule is CC1=CC=C(N)CC1C(F)(F)F. The van der Waals surface area contributed by atoms with Gasteiger partial charge in [0.25, 0.3) is 0 Å². The van der Waals surface area contributed by atoms with Crippen molar-refractivity contribution in [2.45, 2.75) is 19.5 Å². The summed E-state index contributed by atoms with van der Waals surface area (Å²) >= 11 is 0. The molecule has 0 aromatic carbocycles. The van der Waals surface area contributed by atoms with Crippen molar-refractivity contribution < 1.29 is 13.2 Å². The summed E-state index contributed by atoms with van der Waals surface area (Å²) < 4.78 is 36.7. The summed E-state index contributed by atoms with van der Waals surface area (Å²) in [7, 11) is 0. The average Bonchev–Trinajstić information content (AvgIpc) is 1.92. The Morgan fingerprint density at radius 3 is 2.42 bits per heavy atom. The first-order chi connectivity index (χ1) is 5.41. The molecule has 0 bridgehead atoms. The van der Waals surface area contributed by atoms with Crippen LogP contribution < -0.4 is 5.73 Å². The molecule has 1 atom stereocenters. The van der Waals surface area contributed by atoms with Crippen molar-refractivity contribution >= 4 is 0 Å². The lowest BCUT2D eigenvalue weighted by atomic mass is 9.90. The van der Waals surface area contributed by atoms with E-state index in [0.717, 1.165) is 0 Å². The second-order valence-electron chi connectivity index (χ2n) is 2.95. The highest BCUT2D eigenvalue weighted by Gasteiger charge is 2.41. The van der Waals surface area contributed by atoms with Gasteiger partial charge >= 0.3 is 6.18 Å². The third kappa shape index (κ3) is 1.81. The van der Waals surface area contributed by atoms with Crippen molar-refractivity contribution in [2.75, 3.05) is 0 Å². The molecule has 0 aromatic rings. The summed E-state index contributed by atoms with van der Waals surface area (Å²) in [6, 6.07) is 0. The predicted molar refractivity (Wildman–Crippen MR) is 40.2 cm³/mol. The van der Waals surface area contributed by atoms with Gasteiger partial charge < -0.3 is 5.73 Å². The highest BCUT2D eigenvalue weighted by molar-refractivity contribution is 5.24. The van der Waals surface area contributed by atoms with Crippen LogP contribution in [0.25, 0.3) is 0 Å². The number of hydrogen-bond donors (Lipinski definition) is 1. The molecule has 0 saturated carbocycles. The number of rotatable bonds is 0. The second-order valence-corrected chi connectivity index (χ2v) is 2.95. The van der Waals surface area contributed by atoms with E-state index in [2.05, 4.69) is 0 Å². The van der Waals surface area contributed by atoms with Crippen molar-refractivity contribution in [1.82, 2.24) is 0 Å². The molecule has 1 aliphatic carbocycles. The van der Waals surface area contributed by atoms with Crippen molar-refractivity contribution in [3.63, 3.8) is 0 Å². The molecule has 1 nitrogen and oxygen atoms in total. The van der Waals surface area contributed by atoms with E-state index >= 15 is 0 Å². The van der Waals surface area contributed by atoms with Crippen LogP contribution in [0.1, 0.15) is 13.3 Å². The van der Waals surface area contributed by atoms with Crippen LogP contribution in [0.2, 0.25) is 0 Å². The fraction of sp³-hybridized carbons (Fsp3) is 0.500. The quantitative estimate of drug-likeness (QED) is 0.603. The third-order valence-corrected chi connectivity index (χ3v) is 1.94. The van der Waals surface area contributed by atoms with E-state index in [-0.39, 0.29) is 6.42 Å². The fourth-order valence-electron chi connectivity index (χ4n) is 1.19. The monoisotopic (exact) mass is 177 g/mol. The van der Waals surface area contributed by atoms with Crippen molar-refractivity contribution in [2.24, 2.45) is 11.7 Å². The van der Waals surface area contributed by atoms with Gasteiger partial charge in [-0.25, -0.2) is 0 Å². The maximum Gasteiger partial charge on any atom is 0.395 e. The maximum absolute atomic E-state index is 12.2. The van der Waals surface area contributed by atoms with E-state index in [9.17, 15) is 13.2 Å². The first-order valence-corrected chi connectivity index (χ1v) is 3.61. The average molecular weight is 177 g/mol. The Hall–Kier alpha value is -0.930. The third-order valence-electron chi connectivity index (χ3n) is 1.94. The molecular weight excluding hydrogens is 167 g/mol. The van der Waals surface area contributed by atoms with Gasteiger partial charge in [0.2, 0.25) is 0 Å². The van der Waals surface area contributed by atoms with E-state index in [1.54, 1.807) is 0 Å². The lowest BCUT2D eigenvalue weighted by Gasteiger charge is -2.23. The predicted octanol–water partition coefficient (Wildman–Crippen LogP) is 2.36. The molecule has 1 aliphatic rings. The Kier molecular flexibility index (Phi) is 2.17. The zero-order valence-electron chi connectivity index (χ0n) is 6.65. The Labute approximate surface area is 68.7 Å². The van der Waals surface area contributed by atoms with Gasteiger partial charge in [-0.2, -0.15) is 13.2 Å². The van der Waals surface area contributed by atoms with E-state index < -0.39 is 12.1 Å². The van der Waals surface area contributed by atoms with Crippen LogP contribution in [0, 0.1) is 5.92 Å². The van der Waals surface area contributed by atoms with Crippen molar-refractivity contribution in [3.8, 4) is 0 Å². The first kappa shape index (κ1) is 9.16. The van der Waals surface area contributed by atoms with Gasteiger partial charge in [-0.15, -0.1) is 0 Å². The summed E-state index contributed by atoms with van der Waals surface area (Å²) in [6.07, 6.45) is -1.32. The minimum atomic E-state index is -4.17. The molecule has 0 spiro atoms. The standard InChI is InChI=1S/C8H10F3N/c1-5-2-3-6(12)4-7(5)8(9,10)11/h2-3,7H,4,12H2,1H3. The van der Waals surface area contributed by atoms with Gasteiger partial charge in [0, 0.05) is 12.1 Å². The van der Waals surface area contributed by atoms with Crippen LogP contribution in [-0.4, -0.2) is 6.18 Å². The second kappa shape index (κ2) is 2.84. The van der Waals surface area contributed by atoms with Crippen LogP contribution in [0.3, 0.4) is 0 Å². The molecule has 0 saturated heterocycles. The van der Waals surface area contributed by atoms with Gasteiger partial charge in [-0.3, -0.25) is 0 Å². The molecule has 4 heteroatoms. The van der Waals surface area contributed by atoms with E-state index in [1.165, 1.54) is 19.1 Å². The molecule has 0 amide bonds. The van der Waals surface area contributed by atoms with Crippen molar-refractivity contribution in [1.29, 1.82) is 0 Å². The normalized spacial score (nSPS) is 24.8. The molecule has 0 fully saturated rings. The number of allylic oxidation sites excluding steroid dienone is 4. The Balaban J connectivity index is 2.84. The number of halogens is 3. The lowest BCUT2D eigenvalue weighted by molar-refractivity contribution is -0.163. The zero-order chi connectivity index (χ0) is 9.35. The molecule has 0 aliphatic heterocycles. The van der Waals surface area contributed by atoms with Gasteiger partial charge in [-0.05, 0) is 13.0 Å². The van der Waals surface area contributed by atoms with Crippen LogP contribution in [-0.2, 0) is 0 Å². The van der Waals surface area contributed by atoms with Crippen LogP contribution >= 0.6 is 0 Å². The largest absolute Gasteiger partial charge is 0.402 e. The van der Waals surface area contributed by atoms with Gasteiger partial charge in [0.15, 0.2) is 0 Å². The number of hydrogen-bond acceptors (Lipinski definition) is 1. The van der Waals surface area contributed by atoms with Crippen molar-refractivity contribution in [3.05, 3.63) is 23.4 Å². The number of alkyl halides is 3. The van der Waals surface area contributed by atoms with E-state index in [0.29, 0.717) is 11.3 Å². The molecule has 12 heavy (non-hydrogen) atoms. The summed E-state index contributed by atoms with van der Waals surface area (Å²) in [6.45, 7) is 1.47.